The lowest BCUT2D eigenvalue weighted by molar-refractivity contribution is -0.118. The third-order valence-electron chi connectivity index (χ3n) is 5.21. The summed E-state index contributed by atoms with van der Waals surface area (Å²) < 4.78 is 11.1. The Morgan fingerprint density at radius 1 is 1.40 bits per heavy atom. The maximum Gasteiger partial charge on any atom is 0.216 e. The quantitative estimate of drug-likeness (QED) is 0.519. The number of hydrogen-bond acceptors (Lipinski definition) is 6. The van der Waals surface area contributed by atoms with E-state index < -0.39 is 0 Å². The molecule has 8 heteroatoms. The first-order chi connectivity index (χ1) is 14.3. The Hall–Kier alpha value is -2.97. The first-order valence-corrected chi connectivity index (χ1v) is 9.82. The molecule has 164 valence electrons. The number of benzene rings is 1. The molecule has 1 aliphatic heterocycles. The summed E-state index contributed by atoms with van der Waals surface area (Å²) in [6.07, 6.45) is 2.68. The van der Waals surface area contributed by atoms with Gasteiger partial charge < -0.3 is 36.3 Å². The number of nitrogens with one attached hydrogen (secondary N) is 2. The monoisotopic (exact) mass is 416 g/mol. The maximum absolute atomic E-state index is 9.98. The average molecular weight is 417 g/mol. The number of H-pyrrole nitrogens is 1. The molecular weight excluding hydrogens is 384 g/mol. The number of nitrogen functional groups attached to an aromatic ring is 1. The molecule has 0 aliphatic carbocycles. The smallest absolute Gasteiger partial charge is 0.216 e. The number of aromatic nitrogens is 1. The summed E-state index contributed by atoms with van der Waals surface area (Å²) in [7, 11) is 3.30. The van der Waals surface area contributed by atoms with Gasteiger partial charge in [0.05, 0.1) is 12.7 Å². The highest BCUT2D eigenvalue weighted by Gasteiger charge is 2.30. The van der Waals surface area contributed by atoms with Crippen molar-refractivity contribution in [1.29, 1.82) is 0 Å². The van der Waals surface area contributed by atoms with Crippen molar-refractivity contribution in [2.75, 3.05) is 33.1 Å². The standard InChI is InChI=1S/C19H25N3O3.C3H7NO/c1-11-14(9-15(20)12-5-3-4-6-16(12)23)19(21)22-18(11)13-7-8-25-10-17(13)24-2;1-3(5)4-2/h3-6,9,13,17,22-23H,7-8,10,20-21H2,1-2H3;1-2H3,(H,4,5)/b15-9-;/t13-,17?;/m1./s1. The number of aromatic amines is 1. The van der Waals surface area contributed by atoms with Gasteiger partial charge in [0.1, 0.15) is 11.6 Å². The molecule has 3 rings (SSSR count). The summed E-state index contributed by atoms with van der Waals surface area (Å²) in [5.41, 5.74) is 16.4. The van der Waals surface area contributed by atoms with Crippen LogP contribution in [0.15, 0.2) is 24.3 Å². The average Bonchev–Trinajstić information content (AvgIpc) is 3.02. The summed E-state index contributed by atoms with van der Waals surface area (Å²) in [6, 6.07) is 6.98. The number of methoxy groups -OCH3 is 1. The van der Waals surface area contributed by atoms with Gasteiger partial charge >= 0.3 is 0 Å². The number of carbonyl (C=O) groups is 1. The summed E-state index contributed by atoms with van der Waals surface area (Å²) in [6.45, 7) is 4.77. The molecule has 8 nitrogen and oxygen atoms in total. The van der Waals surface area contributed by atoms with E-state index in [0.29, 0.717) is 30.3 Å². The van der Waals surface area contributed by atoms with Crippen LogP contribution in [0.25, 0.3) is 11.8 Å². The van der Waals surface area contributed by atoms with Crippen LogP contribution in [0.3, 0.4) is 0 Å². The van der Waals surface area contributed by atoms with Crippen LogP contribution in [0, 0.1) is 6.92 Å². The molecule has 0 radical (unpaired) electrons. The Balaban J connectivity index is 0.000000575. The van der Waals surface area contributed by atoms with Gasteiger partial charge in [0.2, 0.25) is 5.91 Å². The van der Waals surface area contributed by atoms with E-state index in [4.69, 9.17) is 20.9 Å². The van der Waals surface area contributed by atoms with Crippen molar-refractivity contribution < 1.29 is 19.4 Å². The molecule has 1 unspecified atom stereocenters. The fraction of sp³-hybridized carbons (Fsp3) is 0.409. The van der Waals surface area contributed by atoms with Crippen molar-refractivity contribution in [3.63, 3.8) is 0 Å². The van der Waals surface area contributed by atoms with Gasteiger partial charge in [-0.2, -0.15) is 0 Å². The Bertz CT molecular complexity index is 891. The molecule has 1 aromatic carbocycles. The van der Waals surface area contributed by atoms with Gasteiger partial charge in [0, 0.05) is 56.1 Å². The number of phenols is 1. The number of rotatable bonds is 4. The second-order valence-corrected chi connectivity index (χ2v) is 7.16. The number of ether oxygens (including phenoxy) is 2. The number of phenolic OH excluding ortho intramolecular Hbond substituents is 1. The van der Waals surface area contributed by atoms with E-state index in [2.05, 4.69) is 10.3 Å². The topological polar surface area (TPSA) is 136 Å². The Labute approximate surface area is 177 Å². The van der Waals surface area contributed by atoms with Gasteiger partial charge in [-0.15, -0.1) is 0 Å². The van der Waals surface area contributed by atoms with E-state index >= 15 is 0 Å². The molecule has 0 saturated carbocycles. The number of para-hydroxylation sites is 1. The van der Waals surface area contributed by atoms with E-state index in [9.17, 15) is 9.90 Å². The number of hydrogen-bond donors (Lipinski definition) is 5. The minimum atomic E-state index is -0.00200. The molecule has 0 spiro atoms. The highest BCUT2D eigenvalue weighted by Crippen LogP contribution is 2.35. The molecule has 2 heterocycles. The van der Waals surface area contributed by atoms with Crippen LogP contribution in [0.4, 0.5) is 5.82 Å². The predicted octanol–water partition coefficient (Wildman–Crippen LogP) is 2.34. The maximum atomic E-state index is 9.98. The predicted molar refractivity (Wildman–Crippen MR) is 119 cm³/mol. The molecule has 2 atom stereocenters. The van der Waals surface area contributed by atoms with Gasteiger partial charge in [-0.3, -0.25) is 4.79 Å². The van der Waals surface area contributed by atoms with Gasteiger partial charge in [-0.25, -0.2) is 0 Å². The summed E-state index contributed by atoms with van der Waals surface area (Å²) in [5.74, 6) is 0.916. The third-order valence-corrected chi connectivity index (χ3v) is 5.21. The molecule has 0 bridgehead atoms. The Morgan fingerprint density at radius 3 is 2.67 bits per heavy atom. The number of nitrogens with two attached hydrogens (primary N) is 2. The lowest BCUT2D eigenvalue weighted by Gasteiger charge is -2.30. The van der Waals surface area contributed by atoms with Crippen molar-refractivity contribution in [2.45, 2.75) is 32.3 Å². The molecule has 7 N–H and O–H groups in total. The molecule has 30 heavy (non-hydrogen) atoms. The zero-order valence-corrected chi connectivity index (χ0v) is 18.0. The molecule has 1 aliphatic rings. The van der Waals surface area contributed by atoms with Crippen LogP contribution in [0.1, 0.15) is 41.6 Å². The van der Waals surface area contributed by atoms with Crippen molar-refractivity contribution in [2.24, 2.45) is 5.73 Å². The molecule has 1 aromatic heterocycles. The summed E-state index contributed by atoms with van der Waals surface area (Å²) in [5, 5.41) is 12.4. The van der Waals surface area contributed by atoms with Crippen molar-refractivity contribution in [1.82, 2.24) is 10.3 Å². The second-order valence-electron chi connectivity index (χ2n) is 7.16. The number of anilines is 1. The number of amides is 1. The molecule has 1 fully saturated rings. The van der Waals surface area contributed by atoms with Crippen LogP contribution in [-0.2, 0) is 14.3 Å². The SMILES string of the molecule is CNC(C)=O.COC1COCC[C@H]1c1[nH]c(N)c(/C=C(\N)c2ccccc2O)c1C. The first-order valence-electron chi connectivity index (χ1n) is 9.82. The van der Waals surface area contributed by atoms with Crippen LogP contribution < -0.4 is 16.8 Å². The van der Waals surface area contributed by atoms with Gasteiger partial charge in [-0.05, 0) is 37.1 Å². The minimum Gasteiger partial charge on any atom is -0.507 e. The van der Waals surface area contributed by atoms with E-state index in [1.165, 1.54) is 6.92 Å². The fourth-order valence-corrected chi connectivity index (χ4v) is 3.44. The van der Waals surface area contributed by atoms with Gasteiger partial charge in [-0.1, -0.05) is 12.1 Å². The Kier molecular flexibility index (Phi) is 8.32. The van der Waals surface area contributed by atoms with Crippen LogP contribution in [0.2, 0.25) is 0 Å². The van der Waals surface area contributed by atoms with Gasteiger partial charge in [0.25, 0.3) is 0 Å². The zero-order valence-electron chi connectivity index (χ0n) is 18.0. The lowest BCUT2D eigenvalue weighted by Crippen LogP contribution is -2.32. The second kappa shape index (κ2) is 10.7. The first kappa shape index (κ1) is 23.3. The highest BCUT2D eigenvalue weighted by molar-refractivity contribution is 5.85. The van der Waals surface area contributed by atoms with Crippen molar-refractivity contribution >= 4 is 23.5 Å². The lowest BCUT2D eigenvalue weighted by atomic mass is 9.90. The largest absolute Gasteiger partial charge is 0.507 e. The van der Waals surface area contributed by atoms with Crippen LogP contribution in [0.5, 0.6) is 5.75 Å². The van der Waals surface area contributed by atoms with E-state index in [-0.39, 0.29) is 23.7 Å². The van der Waals surface area contributed by atoms with Crippen molar-refractivity contribution in [3.05, 3.63) is 46.6 Å². The minimum absolute atomic E-state index is 0.00200. The molecular formula is C22H32N4O4. The molecule has 1 saturated heterocycles. The fourth-order valence-electron chi connectivity index (χ4n) is 3.44. The zero-order chi connectivity index (χ0) is 22.3. The van der Waals surface area contributed by atoms with E-state index in [0.717, 1.165) is 23.2 Å². The van der Waals surface area contributed by atoms with Gasteiger partial charge in [0.15, 0.2) is 0 Å². The van der Waals surface area contributed by atoms with E-state index in [1.54, 1.807) is 38.4 Å². The third kappa shape index (κ3) is 5.55. The van der Waals surface area contributed by atoms with E-state index in [1.807, 2.05) is 13.0 Å². The summed E-state index contributed by atoms with van der Waals surface area (Å²) in [4.78, 5) is 13.0. The van der Waals surface area contributed by atoms with Crippen molar-refractivity contribution in [3.8, 4) is 5.75 Å². The highest BCUT2D eigenvalue weighted by atomic mass is 16.5. The van der Waals surface area contributed by atoms with Crippen LogP contribution >= 0.6 is 0 Å². The Morgan fingerprint density at radius 2 is 2.07 bits per heavy atom. The normalized spacial score (nSPS) is 19.0. The summed E-state index contributed by atoms with van der Waals surface area (Å²) >= 11 is 0. The molecule has 1 amide bonds. The molecule has 2 aromatic rings. The number of aromatic hydroxyl groups is 1. The number of carbonyl (C=O) groups excluding carboxylic acids is 1. The van der Waals surface area contributed by atoms with Crippen LogP contribution in [-0.4, -0.2) is 49.5 Å².